The van der Waals surface area contributed by atoms with Crippen LogP contribution < -0.4 is 5.32 Å². The monoisotopic (exact) mass is 478 g/mol. The molecule has 1 saturated heterocycles. The van der Waals surface area contributed by atoms with E-state index in [2.05, 4.69) is 10.3 Å². The lowest BCUT2D eigenvalue weighted by Gasteiger charge is -2.26. The minimum Gasteiger partial charge on any atom is -0.506 e. The fourth-order valence-corrected chi connectivity index (χ4v) is 5.20. The molecule has 0 spiro atoms. The second-order valence-corrected chi connectivity index (χ2v) is 9.84. The number of sulfonamides is 1. The molecule has 170 valence electrons. The third kappa shape index (κ3) is 4.58. The molecule has 0 unspecified atom stereocenters. The van der Waals surface area contributed by atoms with Crippen molar-refractivity contribution in [2.24, 2.45) is 7.05 Å². The number of carbonyl (C=O) groups excluding carboxylic acids is 1. The van der Waals surface area contributed by atoms with Gasteiger partial charge in [-0.15, -0.1) is 0 Å². The number of aromatic hydroxyl groups is 1. The van der Waals surface area contributed by atoms with Crippen molar-refractivity contribution in [2.75, 3.05) is 31.6 Å². The van der Waals surface area contributed by atoms with E-state index in [4.69, 9.17) is 16.3 Å². The average Bonchev–Trinajstić information content (AvgIpc) is 3.10. The van der Waals surface area contributed by atoms with Crippen LogP contribution in [0.3, 0.4) is 0 Å². The highest BCUT2D eigenvalue weighted by molar-refractivity contribution is 7.89. The van der Waals surface area contributed by atoms with E-state index in [1.165, 1.54) is 22.5 Å². The first-order valence-corrected chi connectivity index (χ1v) is 11.9. The number of carbonyl (C=O) groups is 1. The Morgan fingerprint density at radius 3 is 2.72 bits per heavy atom. The van der Waals surface area contributed by atoms with Crippen molar-refractivity contribution in [1.29, 1.82) is 0 Å². The number of ether oxygens (including phenoxy) is 1. The van der Waals surface area contributed by atoms with Crippen LogP contribution in [0.25, 0.3) is 11.0 Å². The predicted octanol–water partition coefficient (Wildman–Crippen LogP) is 2.52. The highest BCUT2D eigenvalue weighted by Crippen LogP contribution is 2.27. The van der Waals surface area contributed by atoms with Crippen LogP contribution in [0, 0.1) is 0 Å². The topological polar surface area (TPSA) is 114 Å². The van der Waals surface area contributed by atoms with Gasteiger partial charge >= 0.3 is 0 Å². The molecule has 9 nitrogen and oxygen atoms in total. The number of nitrogens with zero attached hydrogens (tertiary/aromatic N) is 3. The van der Waals surface area contributed by atoms with E-state index in [-0.39, 0.29) is 28.7 Å². The van der Waals surface area contributed by atoms with Crippen LogP contribution in [0.4, 0.5) is 5.69 Å². The van der Waals surface area contributed by atoms with E-state index in [1.54, 1.807) is 18.2 Å². The van der Waals surface area contributed by atoms with Crippen LogP contribution in [0.1, 0.15) is 12.2 Å². The number of phenolic OH excluding ortho intramolecular Hbond substituents is 1. The molecule has 0 saturated carbocycles. The zero-order valence-corrected chi connectivity index (χ0v) is 19.0. The Bertz CT molecular complexity index is 1270. The molecular weight excluding hydrogens is 456 g/mol. The molecule has 1 aromatic heterocycles. The van der Waals surface area contributed by atoms with Gasteiger partial charge in [-0.25, -0.2) is 13.4 Å². The van der Waals surface area contributed by atoms with Crippen molar-refractivity contribution >= 4 is 44.3 Å². The van der Waals surface area contributed by atoms with E-state index in [1.807, 2.05) is 11.6 Å². The Hall–Kier alpha value is -2.66. The van der Waals surface area contributed by atoms with Crippen LogP contribution in [0.5, 0.6) is 5.75 Å². The normalized spacial score (nSPS) is 15.2. The first kappa shape index (κ1) is 22.5. The quantitative estimate of drug-likeness (QED) is 0.526. The summed E-state index contributed by atoms with van der Waals surface area (Å²) in [6.07, 6.45) is 0.464. The maximum absolute atomic E-state index is 12.9. The van der Waals surface area contributed by atoms with Gasteiger partial charge in [0.05, 0.1) is 34.8 Å². The molecule has 32 heavy (non-hydrogen) atoms. The highest BCUT2D eigenvalue weighted by atomic mass is 35.5. The van der Waals surface area contributed by atoms with Crippen LogP contribution in [-0.2, 0) is 33.0 Å². The number of fused-ring (bicyclic) bond motifs is 1. The number of rotatable bonds is 6. The molecule has 2 heterocycles. The molecule has 0 aliphatic carbocycles. The Morgan fingerprint density at radius 1 is 1.22 bits per heavy atom. The molecule has 3 aromatic rings. The van der Waals surface area contributed by atoms with Gasteiger partial charge in [-0.1, -0.05) is 11.6 Å². The number of halogens is 1. The lowest BCUT2D eigenvalue weighted by atomic mass is 10.2. The third-order valence-electron chi connectivity index (χ3n) is 5.36. The lowest BCUT2D eigenvalue weighted by Crippen LogP contribution is -2.40. The van der Waals surface area contributed by atoms with Crippen molar-refractivity contribution in [3.63, 3.8) is 0 Å². The van der Waals surface area contributed by atoms with Gasteiger partial charge < -0.3 is 19.7 Å². The van der Waals surface area contributed by atoms with E-state index in [0.29, 0.717) is 49.1 Å². The molecular formula is C21H23ClN4O5S. The average molecular weight is 479 g/mol. The van der Waals surface area contributed by atoms with E-state index < -0.39 is 10.0 Å². The maximum atomic E-state index is 12.9. The van der Waals surface area contributed by atoms with Crippen LogP contribution in [-0.4, -0.2) is 59.6 Å². The fourth-order valence-electron chi connectivity index (χ4n) is 3.60. The summed E-state index contributed by atoms with van der Waals surface area (Å²) in [4.78, 5) is 17.1. The lowest BCUT2D eigenvalue weighted by molar-refractivity contribution is -0.116. The fraction of sp³-hybridized carbons (Fsp3) is 0.333. The largest absolute Gasteiger partial charge is 0.506 e. The molecule has 0 atom stereocenters. The van der Waals surface area contributed by atoms with Gasteiger partial charge in [0.1, 0.15) is 11.6 Å². The molecule has 4 rings (SSSR count). The number of hydrogen-bond acceptors (Lipinski definition) is 6. The molecule has 11 heteroatoms. The van der Waals surface area contributed by atoms with Gasteiger partial charge in [0.2, 0.25) is 15.9 Å². The van der Waals surface area contributed by atoms with Gasteiger partial charge in [-0.2, -0.15) is 4.31 Å². The zero-order chi connectivity index (χ0) is 22.9. The van der Waals surface area contributed by atoms with E-state index in [9.17, 15) is 18.3 Å². The predicted molar refractivity (Wildman–Crippen MR) is 120 cm³/mol. The summed E-state index contributed by atoms with van der Waals surface area (Å²) in [5.74, 6) is 0.274. The summed E-state index contributed by atoms with van der Waals surface area (Å²) < 4.78 is 34.3. The van der Waals surface area contributed by atoms with Crippen molar-refractivity contribution in [2.45, 2.75) is 17.7 Å². The van der Waals surface area contributed by atoms with Crippen molar-refractivity contribution < 1.29 is 23.1 Å². The summed E-state index contributed by atoms with van der Waals surface area (Å²) in [6.45, 7) is 1.41. The van der Waals surface area contributed by atoms with Crippen LogP contribution >= 0.6 is 11.6 Å². The molecule has 0 radical (unpaired) electrons. The molecule has 1 amide bonds. The SMILES string of the molecule is Cn1c(CCC(=O)Nc2cc(Cl)ccc2O)nc2cc(S(=O)(=O)N3CCOCC3)ccc21. The smallest absolute Gasteiger partial charge is 0.243 e. The summed E-state index contributed by atoms with van der Waals surface area (Å²) in [7, 11) is -1.80. The minimum atomic E-state index is -3.62. The van der Waals surface area contributed by atoms with Crippen molar-refractivity contribution in [3.05, 3.63) is 47.2 Å². The first-order valence-electron chi connectivity index (χ1n) is 10.1. The van der Waals surface area contributed by atoms with Gasteiger partial charge in [-0.05, 0) is 36.4 Å². The number of aromatic nitrogens is 2. The van der Waals surface area contributed by atoms with E-state index >= 15 is 0 Å². The van der Waals surface area contributed by atoms with Crippen LogP contribution in [0.15, 0.2) is 41.3 Å². The number of aryl methyl sites for hydroxylation is 2. The molecule has 2 N–H and O–H groups in total. The number of hydrogen-bond donors (Lipinski definition) is 2. The number of benzene rings is 2. The van der Waals surface area contributed by atoms with Gasteiger partial charge in [0, 0.05) is 38.0 Å². The van der Waals surface area contributed by atoms with Gasteiger partial charge in [0.15, 0.2) is 0 Å². The molecule has 1 aliphatic rings. The molecule has 1 aliphatic heterocycles. The number of anilines is 1. The maximum Gasteiger partial charge on any atom is 0.243 e. The molecule has 0 bridgehead atoms. The number of phenols is 1. The summed E-state index contributed by atoms with van der Waals surface area (Å²) in [5, 5.41) is 12.9. The highest BCUT2D eigenvalue weighted by Gasteiger charge is 2.27. The number of morpholine rings is 1. The standard InChI is InChI=1S/C21H23ClN4O5S/c1-25-18-4-3-15(32(29,30)26-8-10-31-11-9-26)13-16(18)23-20(25)6-7-21(28)24-17-12-14(22)2-5-19(17)27/h2-5,12-13,27H,6-11H2,1H3,(H,24,28). The number of nitrogens with one attached hydrogen (secondary N) is 1. The Labute approximate surface area is 190 Å². The molecule has 1 fully saturated rings. The second-order valence-electron chi connectivity index (χ2n) is 7.46. The van der Waals surface area contributed by atoms with Crippen LogP contribution in [0.2, 0.25) is 5.02 Å². The Morgan fingerprint density at radius 2 is 1.97 bits per heavy atom. The number of amides is 1. The Kier molecular flexibility index (Phi) is 6.38. The zero-order valence-electron chi connectivity index (χ0n) is 17.4. The van der Waals surface area contributed by atoms with Gasteiger partial charge in [0.25, 0.3) is 0 Å². The van der Waals surface area contributed by atoms with Crippen molar-refractivity contribution in [3.8, 4) is 5.75 Å². The second kappa shape index (κ2) is 9.07. The van der Waals surface area contributed by atoms with Gasteiger partial charge in [-0.3, -0.25) is 4.79 Å². The summed E-state index contributed by atoms with van der Waals surface area (Å²) >= 11 is 5.91. The summed E-state index contributed by atoms with van der Waals surface area (Å²) in [5.41, 5.74) is 1.56. The third-order valence-corrected chi connectivity index (χ3v) is 7.49. The summed E-state index contributed by atoms with van der Waals surface area (Å²) in [6, 6.07) is 9.27. The molecule has 2 aromatic carbocycles. The minimum absolute atomic E-state index is 0.0699. The van der Waals surface area contributed by atoms with Crippen molar-refractivity contribution in [1.82, 2.24) is 13.9 Å². The number of imidazole rings is 1. The van der Waals surface area contributed by atoms with E-state index in [0.717, 1.165) is 5.52 Å². The first-order chi connectivity index (χ1) is 15.3. The Balaban J connectivity index is 1.49.